The Morgan fingerprint density at radius 3 is 2.41 bits per heavy atom. The Labute approximate surface area is 193 Å². The summed E-state index contributed by atoms with van der Waals surface area (Å²) in [5.74, 6) is -2.22. The Balaban J connectivity index is 1.79. The van der Waals surface area contributed by atoms with E-state index < -0.39 is 36.1 Å². The highest BCUT2D eigenvalue weighted by atomic mass is 19.4. The number of carbonyl (C=O) groups excluding carboxylic acids is 3. The average molecular weight is 480 g/mol. The Morgan fingerprint density at radius 2 is 1.74 bits per heavy atom. The highest BCUT2D eigenvalue weighted by Crippen LogP contribution is 2.34. The molecule has 0 unspecified atom stereocenters. The van der Waals surface area contributed by atoms with Crippen LogP contribution in [0.4, 0.5) is 18.9 Å². The van der Waals surface area contributed by atoms with Crippen LogP contribution in [0.25, 0.3) is 0 Å². The largest absolute Gasteiger partial charge is 0.484 e. The quantitative estimate of drug-likeness (QED) is 0.209. The number of ether oxygens (including phenoxy) is 2. The van der Waals surface area contributed by atoms with E-state index in [-0.39, 0.29) is 18.0 Å². The van der Waals surface area contributed by atoms with E-state index in [0.29, 0.717) is 18.6 Å². The van der Waals surface area contributed by atoms with Crippen molar-refractivity contribution in [2.45, 2.75) is 12.6 Å². The fraction of sp³-hybridized carbons (Fsp3) is 0.273. The summed E-state index contributed by atoms with van der Waals surface area (Å²) in [5.41, 5.74) is 1.32. The molecule has 0 aliphatic rings. The number of nitrogens with zero attached hydrogens (tertiary/aromatic N) is 1. The lowest BCUT2D eigenvalue weighted by molar-refractivity contribution is -0.139. The van der Waals surface area contributed by atoms with Crippen LogP contribution in [-0.2, 0) is 25.3 Å². The van der Waals surface area contributed by atoms with Crippen molar-refractivity contribution in [1.82, 2.24) is 10.7 Å². The molecule has 0 heterocycles. The van der Waals surface area contributed by atoms with Crippen molar-refractivity contribution in [2.75, 3.05) is 32.2 Å². The second kappa shape index (κ2) is 12.9. The number of halogens is 3. The number of carbonyl (C=O) groups is 3. The van der Waals surface area contributed by atoms with Crippen LogP contribution in [0, 0.1) is 0 Å². The summed E-state index contributed by atoms with van der Waals surface area (Å²) >= 11 is 0. The van der Waals surface area contributed by atoms with Gasteiger partial charge in [-0.05, 0) is 48.4 Å². The number of alkyl halides is 3. The third kappa shape index (κ3) is 8.90. The molecule has 9 nitrogen and oxygen atoms in total. The molecule has 2 aromatic rings. The summed E-state index contributed by atoms with van der Waals surface area (Å²) < 4.78 is 49.1. The molecule has 182 valence electrons. The first kappa shape index (κ1) is 26.3. The van der Waals surface area contributed by atoms with Crippen LogP contribution in [0.3, 0.4) is 0 Å². The molecule has 0 saturated carbocycles. The van der Waals surface area contributed by atoms with Gasteiger partial charge in [0.15, 0.2) is 6.61 Å². The molecule has 0 bridgehead atoms. The predicted octanol–water partition coefficient (Wildman–Crippen LogP) is 2.33. The summed E-state index contributed by atoms with van der Waals surface area (Å²) in [4.78, 5) is 35.2. The second-order valence-corrected chi connectivity index (χ2v) is 6.75. The molecule has 0 atom stereocenters. The van der Waals surface area contributed by atoms with Gasteiger partial charge in [-0.1, -0.05) is 12.1 Å². The highest BCUT2D eigenvalue weighted by molar-refractivity contribution is 6.35. The molecule has 0 saturated heterocycles. The normalized spacial score (nSPS) is 11.2. The molecule has 2 aromatic carbocycles. The number of hydrogen-bond acceptors (Lipinski definition) is 6. The van der Waals surface area contributed by atoms with Gasteiger partial charge in [-0.25, -0.2) is 5.43 Å². The van der Waals surface area contributed by atoms with Gasteiger partial charge in [0, 0.05) is 20.3 Å². The molecule has 34 heavy (non-hydrogen) atoms. The van der Waals surface area contributed by atoms with E-state index in [1.165, 1.54) is 37.6 Å². The topological polar surface area (TPSA) is 118 Å². The van der Waals surface area contributed by atoms with Crippen LogP contribution in [0.1, 0.15) is 17.5 Å². The first-order valence-corrected chi connectivity index (χ1v) is 10.00. The molecule has 12 heteroatoms. The molecule has 0 aliphatic carbocycles. The van der Waals surface area contributed by atoms with E-state index in [0.717, 1.165) is 12.1 Å². The fourth-order valence-electron chi connectivity index (χ4n) is 2.54. The number of methoxy groups -OCH3 is 1. The van der Waals surface area contributed by atoms with Crippen molar-refractivity contribution in [3.63, 3.8) is 0 Å². The van der Waals surface area contributed by atoms with Crippen LogP contribution >= 0.6 is 0 Å². The first-order valence-electron chi connectivity index (χ1n) is 10.00. The summed E-state index contributed by atoms with van der Waals surface area (Å²) in [5, 5.41) is 8.27. The summed E-state index contributed by atoms with van der Waals surface area (Å²) in [6, 6.07) is 10.8. The highest BCUT2D eigenvalue weighted by Gasteiger charge is 2.33. The zero-order chi connectivity index (χ0) is 25.0. The van der Waals surface area contributed by atoms with Crippen LogP contribution in [0.15, 0.2) is 53.6 Å². The number of benzene rings is 2. The van der Waals surface area contributed by atoms with E-state index in [1.807, 2.05) is 0 Å². The van der Waals surface area contributed by atoms with Gasteiger partial charge >= 0.3 is 18.0 Å². The average Bonchev–Trinajstić information content (AvgIpc) is 2.80. The lowest BCUT2D eigenvalue weighted by atomic mass is 10.1. The van der Waals surface area contributed by atoms with Crippen molar-refractivity contribution < 1.29 is 37.0 Å². The lowest BCUT2D eigenvalue weighted by Gasteiger charge is -2.13. The minimum Gasteiger partial charge on any atom is -0.484 e. The molecule has 3 N–H and O–H groups in total. The van der Waals surface area contributed by atoms with E-state index in [4.69, 9.17) is 9.47 Å². The van der Waals surface area contributed by atoms with Crippen molar-refractivity contribution >= 4 is 29.6 Å². The molecule has 0 aliphatic heterocycles. The molecular formula is C22H23F3N4O5. The van der Waals surface area contributed by atoms with Gasteiger partial charge in [0.2, 0.25) is 0 Å². The Bertz CT molecular complexity index is 1010. The maximum Gasteiger partial charge on any atom is 0.418 e. The SMILES string of the molecule is COCCCNC(=O)C(=O)N/N=C\c1ccc(OCC(=O)Nc2ccccc2C(F)(F)F)cc1. The lowest BCUT2D eigenvalue weighted by Crippen LogP contribution is -2.38. The first-order chi connectivity index (χ1) is 16.2. The van der Waals surface area contributed by atoms with Crippen molar-refractivity contribution in [1.29, 1.82) is 0 Å². The molecule has 0 aromatic heterocycles. The number of hydrazone groups is 1. The van der Waals surface area contributed by atoms with E-state index in [9.17, 15) is 27.6 Å². The van der Waals surface area contributed by atoms with E-state index >= 15 is 0 Å². The number of para-hydroxylation sites is 1. The Morgan fingerprint density at radius 1 is 1.03 bits per heavy atom. The molecule has 0 radical (unpaired) electrons. The van der Waals surface area contributed by atoms with Crippen LogP contribution in [0.2, 0.25) is 0 Å². The third-order valence-electron chi connectivity index (χ3n) is 4.15. The minimum absolute atomic E-state index is 0.288. The number of amides is 3. The third-order valence-corrected chi connectivity index (χ3v) is 4.15. The summed E-state index contributed by atoms with van der Waals surface area (Å²) in [6.45, 7) is 0.240. The van der Waals surface area contributed by atoms with Gasteiger partial charge in [0.05, 0.1) is 17.5 Å². The maximum atomic E-state index is 13.0. The Kier molecular flexibility index (Phi) is 10.0. The second-order valence-electron chi connectivity index (χ2n) is 6.75. The van der Waals surface area contributed by atoms with E-state index in [2.05, 4.69) is 21.2 Å². The molecule has 3 amide bonds. The minimum atomic E-state index is -4.60. The van der Waals surface area contributed by atoms with Crippen LogP contribution < -0.4 is 20.8 Å². The van der Waals surface area contributed by atoms with Gasteiger partial charge in [0.1, 0.15) is 5.75 Å². The zero-order valence-electron chi connectivity index (χ0n) is 18.1. The van der Waals surface area contributed by atoms with Crippen molar-refractivity contribution in [3.05, 3.63) is 59.7 Å². The van der Waals surface area contributed by atoms with Gasteiger partial charge in [0.25, 0.3) is 5.91 Å². The fourth-order valence-corrected chi connectivity index (χ4v) is 2.54. The van der Waals surface area contributed by atoms with E-state index in [1.54, 1.807) is 12.1 Å². The predicted molar refractivity (Wildman–Crippen MR) is 117 cm³/mol. The standard InChI is InChI=1S/C22H23F3N4O5/c1-33-12-4-11-26-20(31)21(32)29-27-13-15-7-9-16(10-8-15)34-14-19(30)28-18-6-3-2-5-17(18)22(23,24)25/h2-3,5-10,13H,4,11-12,14H2,1H3,(H,26,31)(H,28,30)(H,29,32)/b27-13-. The monoisotopic (exact) mass is 480 g/mol. The van der Waals surface area contributed by atoms with Crippen molar-refractivity contribution in [3.8, 4) is 5.75 Å². The number of anilines is 1. The maximum absolute atomic E-state index is 13.0. The summed E-state index contributed by atoms with van der Waals surface area (Å²) in [6.07, 6.45) is -2.74. The van der Waals surface area contributed by atoms with Gasteiger partial charge in [-0.2, -0.15) is 18.3 Å². The Hall–Kier alpha value is -3.93. The summed E-state index contributed by atoms with van der Waals surface area (Å²) in [7, 11) is 1.53. The molecule has 0 spiro atoms. The zero-order valence-corrected chi connectivity index (χ0v) is 18.1. The van der Waals surface area contributed by atoms with Crippen LogP contribution in [-0.4, -0.2) is 50.8 Å². The molecular weight excluding hydrogens is 457 g/mol. The molecule has 2 rings (SSSR count). The molecule has 0 fully saturated rings. The smallest absolute Gasteiger partial charge is 0.418 e. The van der Waals surface area contributed by atoms with Crippen molar-refractivity contribution in [2.24, 2.45) is 5.10 Å². The van der Waals surface area contributed by atoms with Crippen LogP contribution in [0.5, 0.6) is 5.75 Å². The number of nitrogens with one attached hydrogen (secondary N) is 3. The number of hydrogen-bond donors (Lipinski definition) is 3. The number of rotatable bonds is 10. The van der Waals surface area contributed by atoms with Gasteiger partial charge in [-0.15, -0.1) is 0 Å². The van der Waals surface area contributed by atoms with Gasteiger partial charge in [-0.3, -0.25) is 14.4 Å². The van der Waals surface area contributed by atoms with Gasteiger partial charge < -0.3 is 20.1 Å².